The lowest BCUT2D eigenvalue weighted by Crippen LogP contribution is -2.14. The number of hydrogen-bond donors (Lipinski definition) is 3. The van der Waals surface area contributed by atoms with Gasteiger partial charge in [0, 0.05) is 49.9 Å². The number of aromatic carboxylic acids is 1. The third-order valence-corrected chi connectivity index (χ3v) is 13.1. The minimum atomic E-state index is -1.02. The van der Waals surface area contributed by atoms with E-state index in [0.717, 1.165) is 94.7 Å². The fraction of sp³-hybridized carbons (Fsp3) is 0.0909. The van der Waals surface area contributed by atoms with Crippen LogP contribution >= 0.6 is 23.2 Å². The summed E-state index contributed by atoms with van der Waals surface area (Å²) in [7, 11) is 0. The highest BCUT2D eigenvalue weighted by molar-refractivity contribution is 6.40. The number of H-pyrrole nitrogens is 2. The molecule has 10 heteroatoms. The number of benzene rings is 5. The van der Waals surface area contributed by atoms with E-state index < -0.39 is 18.0 Å². The molecular formula is C55H39Cl2N5O3. The van der Waals surface area contributed by atoms with Gasteiger partial charge in [0.1, 0.15) is 5.71 Å². The van der Waals surface area contributed by atoms with Gasteiger partial charge in [0.15, 0.2) is 6.10 Å². The fourth-order valence-electron chi connectivity index (χ4n) is 9.19. The van der Waals surface area contributed by atoms with E-state index in [4.69, 9.17) is 43.2 Å². The first-order chi connectivity index (χ1) is 31.6. The largest absolute Gasteiger partial charge is 0.478 e. The predicted octanol–water partition coefficient (Wildman–Crippen LogP) is 14.3. The molecule has 0 saturated heterocycles. The second kappa shape index (κ2) is 15.9. The van der Waals surface area contributed by atoms with Gasteiger partial charge in [0.25, 0.3) is 0 Å². The second-order valence-corrected chi connectivity index (χ2v) is 17.5. The van der Waals surface area contributed by atoms with Crippen LogP contribution in [-0.4, -0.2) is 36.7 Å². The number of rotatable bonds is 6. The molecule has 8 aromatic rings. The van der Waals surface area contributed by atoms with Gasteiger partial charge in [-0.05, 0) is 104 Å². The van der Waals surface area contributed by atoms with Gasteiger partial charge < -0.3 is 19.9 Å². The second-order valence-electron chi connectivity index (χ2n) is 16.7. The highest BCUT2D eigenvalue weighted by atomic mass is 35.5. The highest BCUT2D eigenvalue weighted by Crippen LogP contribution is 2.52. The molecule has 3 aliphatic rings. The van der Waals surface area contributed by atoms with Gasteiger partial charge in [-0.25, -0.2) is 9.78 Å². The third kappa shape index (κ3) is 7.02. The van der Waals surface area contributed by atoms with E-state index in [0.29, 0.717) is 32.7 Å². The Morgan fingerprint density at radius 3 is 1.40 bits per heavy atom. The number of fused-ring (bicyclic) bond motifs is 11. The minimum Gasteiger partial charge on any atom is -0.478 e. The van der Waals surface area contributed by atoms with Gasteiger partial charge in [-0.1, -0.05) is 136 Å². The van der Waals surface area contributed by atoms with Crippen molar-refractivity contribution in [2.24, 2.45) is 5.16 Å². The van der Waals surface area contributed by atoms with E-state index in [1.165, 1.54) is 0 Å². The van der Waals surface area contributed by atoms with Crippen LogP contribution in [0.2, 0.25) is 10.0 Å². The Hall–Kier alpha value is -7.52. The Bertz CT molecular complexity index is 3460. The van der Waals surface area contributed by atoms with Gasteiger partial charge >= 0.3 is 5.97 Å². The first-order valence-electron chi connectivity index (χ1n) is 21.3. The maximum atomic E-state index is 12.1. The van der Waals surface area contributed by atoms with Crippen LogP contribution < -0.4 is 0 Å². The molecule has 0 amide bonds. The van der Waals surface area contributed by atoms with E-state index in [2.05, 4.69) is 134 Å². The van der Waals surface area contributed by atoms with Crippen molar-refractivity contribution in [3.63, 3.8) is 0 Å². The first kappa shape index (κ1) is 40.3. The quantitative estimate of drug-likeness (QED) is 0.154. The summed E-state index contributed by atoms with van der Waals surface area (Å²) in [6.07, 6.45) is 3.44. The van der Waals surface area contributed by atoms with Gasteiger partial charge in [0.2, 0.25) is 0 Å². The van der Waals surface area contributed by atoms with E-state index in [9.17, 15) is 9.90 Å². The molecule has 6 heterocycles. The number of aryl methyl sites for hydroxylation is 3. The van der Waals surface area contributed by atoms with Gasteiger partial charge in [-0.2, -0.15) is 0 Å². The molecule has 2 atom stereocenters. The number of carboxylic acid groups (broad SMARTS) is 1. The average Bonchev–Trinajstić information content (AvgIpc) is 4.17. The van der Waals surface area contributed by atoms with Crippen LogP contribution in [0, 0.1) is 20.8 Å². The van der Waals surface area contributed by atoms with Crippen molar-refractivity contribution < 1.29 is 14.7 Å². The van der Waals surface area contributed by atoms with Gasteiger partial charge in [-0.3, -0.25) is 4.98 Å². The summed E-state index contributed by atoms with van der Waals surface area (Å²) in [5.74, 6) is -1.59. The summed E-state index contributed by atoms with van der Waals surface area (Å²) in [6.45, 7) is 6.23. The van der Waals surface area contributed by atoms with Crippen LogP contribution in [0.5, 0.6) is 0 Å². The number of carbonyl (C=O) groups is 1. The van der Waals surface area contributed by atoms with Crippen LogP contribution in [0.25, 0.3) is 78.7 Å². The zero-order valence-corrected chi connectivity index (χ0v) is 37.0. The Morgan fingerprint density at radius 1 is 0.523 bits per heavy atom. The molecule has 0 saturated carbocycles. The van der Waals surface area contributed by atoms with Gasteiger partial charge in [0.05, 0.1) is 44.3 Å². The Morgan fingerprint density at radius 2 is 0.938 bits per heavy atom. The van der Waals surface area contributed by atoms with Crippen LogP contribution in [0.3, 0.4) is 0 Å². The van der Waals surface area contributed by atoms with Crippen LogP contribution in [0.4, 0.5) is 0 Å². The molecule has 3 aliphatic heterocycles. The summed E-state index contributed by atoms with van der Waals surface area (Å²) in [6, 6.07) is 46.0. The van der Waals surface area contributed by atoms with Crippen LogP contribution in [0.1, 0.15) is 67.4 Å². The Labute approximate surface area is 384 Å². The monoisotopic (exact) mass is 887 g/mol. The number of hydrogen-bond acceptors (Lipinski definition) is 5. The number of aromatic nitrogens is 4. The molecule has 0 spiro atoms. The molecule has 2 unspecified atom stereocenters. The van der Waals surface area contributed by atoms with Crippen molar-refractivity contribution in [2.75, 3.05) is 0 Å². The zero-order valence-electron chi connectivity index (χ0n) is 35.4. The van der Waals surface area contributed by atoms with E-state index in [1.807, 2.05) is 24.3 Å². The van der Waals surface area contributed by atoms with Crippen molar-refractivity contribution in [3.8, 4) is 44.5 Å². The molecule has 8 nitrogen and oxygen atoms in total. The lowest BCUT2D eigenvalue weighted by atomic mass is 9.85. The molecule has 5 aromatic carbocycles. The smallest absolute Gasteiger partial charge is 0.335 e. The summed E-state index contributed by atoms with van der Waals surface area (Å²) in [5.41, 5.74) is 18.0. The van der Waals surface area contributed by atoms with Crippen LogP contribution in [0.15, 0.2) is 145 Å². The van der Waals surface area contributed by atoms with Crippen molar-refractivity contribution in [1.82, 2.24) is 19.9 Å². The third-order valence-electron chi connectivity index (χ3n) is 12.4. The molecule has 3 N–H and O–H groups in total. The van der Waals surface area contributed by atoms with Gasteiger partial charge in [-0.15, -0.1) is 0 Å². The standard InChI is InChI=1S/C55H39Cl2N5O3/c1-29-7-13-32(14-8-29)45-39-23-24-40(58-39)46(33-15-9-30(2)10-16-33)42-26-28-44(60-42)48(35-19-21-36(22-20-35)55(63)64)53-54-50(52(62-65-54)49-37(56)5-4-6-38(49)57)51(61-53)47(43-27-25-41(45)59-43)34-17-11-31(3)12-18-34/h4-28,50,54,59-60H,1-3H3,(H,63,64). The summed E-state index contributed by atoms with van der Waals surface area (Å²) < 4.78 is 0. The molecule has 3 aromatic heterocycles. The number of carboxylic acids is 1. The number of nitrogens with one attached hydrogen (secondary N) is 2. The fourth-order valence-corrected chi connectivity index (χ4v) is 9.78. The molecule has 0 radical (unpaired) electrons. The number of oxime groups is 1. The predicted molar refractivity (Wildman–Crippen MR) is 262 cm³/mol. The molecule has 8 bridgehead atoms. The zero-order chi connectivity index (χ0) is 44.5. The van der Waals surface area contributed by atoms with E-state index >= 15 is 0 Å². The SMILES string of the molecule is Cc1ccc(-c2c3nc(c(-c4ccc(C)cc4)c4ccc([nH]4)c(-c4ccc(C)cc4)c4nc(c(-c5ccc(C(=O)O)cc5)c5ccc2[nH]5)C2ON=C(c5c(Cl)cccc5Cl)C42)C=C3)cc1. The van der Waals surface area contributed by atoms with Crippen molar-refractivity contribution in [2.45, 2.75) is 32.8 Å². The summed E-state index contributed by atoms with van der Waals surface area (Å²) >= 11 is 14.0. The lowest BCUT2D eigenvalue weighted by molar-refractivity contribution is 0.0696. The minimum absolute atomic E-state index is 0.164. The molecule has 316 valence electrons. The van der Waals surface area contributed by atoms with E-state index in [1.54, 1.807) is 24.3 Å². The lowest BCUT2D eigenvalue weighted by Gasteiger charge is -2.16. The van der Waals surface area contributed by atoms with Crippen molar-refractivity contribution in [3.05, 3.63) is 200 Å². The van der Waals surface area contributed by atoms with Crippen molar-refractivity contribution in [1.29, 1.82) is 0 Å². The summed E-state index contributed by atoms with van der Waals surface area (Å²) in [4.78, 5) is 37.5. The Kier molecular flexibility index (Phi) is 9.87. The maximum Gasteiger partial charge on any atom is 0.335 e. The Balaban J connectivity index is 1.34. The van der Waals surface area contributed by atoms with E-state index in [-0.39, 0.29) is 5.56 Å². The number of aromatic amines is 2. The molecule has 65 heavy (non-hydrogen) atoms. The normalized spacial score (nSPS) is 15.1. The topological polar surface area (TPSA) is 116 Å². The average molecular weight is 889 g/mol. The number of halogens is 2. The molecular weight excluding hydrogens is 850 g/mol. The van der Waals surface area contributed by atoms with Crippen molar-refractivity contribution >= 4 is 69.1 Å². The molecule has 0 fully saturated rings. The van der Waals surface area contributed by atoms with Crippen LogP contribution in [-0.2, 0) is 4.84 Å². The highest BCUT2D eigenvalue weighted by Gasteiger charge is 2.47. The molecule has 0 aliphatic carbocycles. The first-order valence-corrected chi connectivity index (χ1v) is 22.1. The summed E-state index contributed by atoms with van der Waals surface area (Å²) in [5, 5.41) is 15.6. The molecule has 11 rings (SSSR count). The maximum absolute atomic E-state index is 12.1. The number of nitrogens with zero attached hydrogens (tertiary/aromatic N) is 3.